The van der Waals surface area contributed by atoms with E-state index in [0.717, 1.165) is 22.4 Å². The van der Waals surface area contributed by atoms with Gasteiger partial charge in [0.25, 0.3) is 0 Å². The molecule has 6 nitrogen and oxygen atoms in total. The van der Waals surface area contributed by atoms with Crippen LogP contribution in [0.15, 0.2) is 40.5 Å². The average Bonchev–Trinajstić information content (AvgIpc) is 2.78. The number of nitrogens with zero attached hydrogens (tertiary/aromatic N) is 2. The SMILES string of the molecule is CCC1(c2ccc(O)c(OC)c2)C(C)=NN=Cc2cc(OC)c(O)cc21. The van der Waals surface area contributed by atoms with Gasteiger partial charge in [0.05, 0.1) is 31.6 Å². The van der Waals surface area contributed by atoms with Crippen molar-refractivity contribution in [2.24, 2.45) is 10.2 Å². The molecule has 2 aromatic rings. The van der Waals surface area contributed by atoms with Gasteiger partial charge >= 0.3 is 0 Å². The number of ether oxygens (including phenoxy) is 2. The van der Waals surface area contributed by atoms with Crippen molar-refractivity contribution >= 4 is 11.9 Å². The van der Waals surface area contributed by atoms with E-state index >= 15 is 0 Å². The maximum absolute atomic E-state index is 10.4. The molecule has 0 bridgehead atoms. The molecule has 6 heteroatoms. The molecule has 2 N–H and O–H groups in total. The predicted molar refractivity (Wildman–Crippen MR) is 101 cm³/mol. The predicted octanol–water partition coefficient (Wildman–Crippen LogP) is 3.62. The number of phenolic OH excluding ortho intramolecular Hbond substituents is 2. The third-order valence-electron chi connectivity index (χ3n) is 5.04. The highest BCUT2D eigenvalue weighted by Gasteiger charge is 2.39. The summed E-state index contributed by atoms with van der Waals surface area (Å²) in [5.41, 5.74) is 2.73. The molecule has 0 saturated heterocycles. The van der Waals surface area contributed by atoms with Gasteiger partial charge in [0.2, 0.25) is 0 Å². The van der Waals surface area contributed by atoms with Crippen molar-refractivity contribution in [2.45, 2.75) is 25.7 Å². The Morgan fingerprint density at radius 3 is 2.35 bits per heavy atom. The van der Waals surface area contributed by atoms with Crippen molar-refractivity contribution in [3.63, 3.8) is 0 Å². The molecule has 0 amide bonds. The summed E-state index contributed by atoms with van der Waals surface area (Å²) in [6, 6.07) is 8.70. The van der Waals surface area contributed by atoms with Crippen LogP contribution in [0.2, 0.25) is 0 Å². The smallest absolute Gasteiger partial charge is 0.161 e. The molecule has 1 aliphatic rings. The quantitative estimate of drug-likeness (QED) is 0.878. The molecule has 0 fully saturated rings. The van der Waals surface area contributed by atoms with Gasteiger partial charge in [-0.25, -0.2) is 0 Å². The molecule has 1 heterocycles. The normalized spacial score (nSPS) is 18.7. The summed E-state index contributed by atoms with van der Waals surface area (Å²) in [6.45, 7) is 3.96. The molecule has 3 rings (SSSR count). The van der Waals surface area contributed by atoms with E-state index in [9.17, 15) is 10.2 Å². The second-order valence-electron chi connectivity index (χ2n) is 6.19. The van der Waals surface area contributed by atoms with E-state index in [0.29, 0.717) is 17.9 Å². The first kappa shape index (κ1) is 17.8. The van der Waals surface area contributed by atoms with Gasteiger partial charge in [0.1, 0.15) is 0 Å². The van der Waals surface area contributed by atoms with Crippen molar-refractivity contribution in [1.29, 1.82) is 0 Å². The highest BCUT2D eigenvalue weighted by atomic mass is 16.5. The topological polar surface area (TPSA) is 83.6 Å². The van der Waals surface area contributed by atoms with Crippen molar-refractivity contribution in [3.05, 3.63) is 47.0 Å². The first-order valence-electron chi connectivity index (χ1n) is 8.35. The summed E-state index contributed by atoms with van der Waals surface area (Å²) in [4.78, 5) is 0. The Morgan fingerprint density at radius 2 is 1.69 bits per heavy atom. The Hall–Kier alpha value is -3.02. The highest BCUT2D eigenvalue weighted by Crippen LogP contribution is 2.45. The van der Waals surface area contributed by atoms with Gasteiger partial charge in [-0.15, -0.1) is 0 Å². The zero-order chi connectivity index (χ0) is 18.9. The van der Waals surface area contributed by atoms with E-state index in [1.54, 1.807) is 30.5 Å². The van der Waals surface area contributed by atoms with Gasteiger partial charge in [-0.05, 0) is 48.7 Å². The summed E-state index contributed by atoms with van der Waals surface area (Å²) in [5, 5.41) is 28.9. The van der Waals surface area contributed by atoms with Crippen LogP contribution in [0.4, 0.5) is 0 Å². The lowest BCUT2D eigenvalue weighted by atomic mass is 9.68. The maximum Gasteiger partial charge on any atom is 0.161 e. The molecule has 1 atom stereocenters. The molecule has 2 aromatic carbocycles. The number of phenols is 2. The average molecular weight is 354 g/mol. The molecule has 1 unspecified atom stereocenters. The molecule has 1 aliphatic heterocycles. The van der Waals surface area contributed by atoms with E-state index in [1.807, 2.05) is 13.0 Å². The molecule has 0 radical (unpaired) electrons. The maximum atomic E-state index is 10.4. The van der Waals surface area contributed by atoms with Gasteiger partial charge in [0.15, 0.2) is 23.0 Å². The fourth-order valence-electron chi connectivity index (χ4n) is 3.64. The fraction of sp³-hybridized carbons (Fsp3) is 0.300. The highest BCUT2D eigenvalue weighted by molar-refractivity contribution is 6.01. The van der Waals surface area contributed by atoms with E-state index in [4.69, 9.17) is 9.47 Å². The van der Waals surface area contributed by atoms with E-state index in [2.05, 4.69) is 17.1 Å². The lowest BCUT2D eigenvalue weighted by Crippen LogP contribution is -2.35. The van der Waals surface area contributed by atoms with Crippen molar-refractivity contribution in [1.82, 2.24) is 0 Å². The summed E-state index contributed by atoms with van der Waals surface area (Å²) in [7, 11) is 3.02. The second kappa shape index (κ2) is 6.71. The Morgan fingerprint density at radius 1 is 1.00 bits per heavy atom. The number of hydrogen-bond acceptors (Lipinski definition) is 6. The minimum atomic E-state index is -0.628. The lowest BCUT2D eigenvalue weighted by Gasteiger charge is -2.34. The monoisotopic (exact) mass is 354 g/mol. The Balaban J connectivity index is 2.35. The summed E-state index contributed by atoms with van der Waals surface area (Å²) < 4.78 is 10.5. The number of aromatic hydroxyl groups is 2. The Kier molecular flexibility index (Phi) is 4.59. The molecule has 136 valence electrons. The number of hydrogen-bond donors (Lipinski definition) is 2. The van der Waals surface area contributed by atoms with Crippen LogP contribution in [0.1, 0.15) is 37.0 Å². The first-order valence-corrected chi connectivity index (χ1v) is 8.35. The van der Waals surface area contributed by atoms with E-state index < -0.39 is 5.41 Å². The second-order valence-corrected chi connectivity index (χ2v) is 6.19. The molecule has 0 saturated carbocycles. The van der Waals surface area contributed by atoms with E-state index in [-0.39, 0.29) is 11.5 Å². The van der Waals surface area contributed by atoms with Crippen LogP contribution in [0.3, 0.4) is 0 Å². The van der Waals surface area contributed by atoms with Crippen LogP contribution >= 0.6 is 0 Å². The largest absolute Gasteiger partial charge is 0.504 e. The van der Waals surface area contributed by atoms with Crippen LogP contribution < -0.4 is 9.47 Å². The zero-order valence-corrected chi connectivity index (χ0v) is 15.3. The minimum Gasteiger partial charge on any atom is -0.504 e. The third-order valence-corrected chi connectivity index (χ3v) is 5.04. The van der Waals surface area contributed by atoms with Gasteiger partial charge in [0, 0.05) is 5.56 Å². The van der Waals surface area contributed by atoms with Crippen molar-refractivity contribution < 1.29 is 19.7 Å². The van der Waals surface area contributed by atoms with Gasteiger partial charge < -0.3 is 19.7 Å². The lowest BCUT2D eigenvalue weighted by molar-refractivity contribution is 0.371. The van der Waals surface area contributed by atoms with Crippen LogP contribution in [0.5, 0.6) is 23.0 Å². The van der Waals surface area contributed by atoms with E-state index in [1.165, 1.54) is 14.2 Å². The Labute approximate surface area is 152 Å². The molecule has 0 aliphatic carbocycles. The summed E-state index contributed by atoms with van der Waals surface area (Å²) in [5.74, 6) is 0.883. The van der Waals surface area contributed by atoms with Crippen LogP contribution in [-0.4, -0.2) is 36.4 Å². The zero-order valence-electron chi connectivity index (χ0n) is 15.3. The third kappa shape index (κ3) is 2.58. The number of rotatable bonds is 4. The van der Waals surface area contributed by atoms with Gasteiger partial charge in [-0.3, -0.25) is 0 Å². The number of benzene rings is 2. The van der Waals surface area contributed by atoms with Gasteiger partial charge in [-0.1, -0.05) is 13.0 Å². The van der Waals surface area contributed by atoms with Crippen LogP contribution in [-0.2, 0) is 5.41 Å². The standard InChI is InChI=1S/C20H22N2O4/c1-5-20(14-6-7-16(23)19(9-14)26-4)12(2)22-21-11-13-8-18(25-3)17(24)10-15(13)20/h6-11,23-24H,5H2,1-4H3. The molecular formula is C20H22N2O4. The number of fused-ring (bicyclic) bond motifs is 1. The summed E-state index contributed by atoms with van der Waals surface area (Å²) in [6.07, 6.45) is 2.34. The van der Waals surface area contributed by atoms with Crippen molar-refractivity contribution in [3.8, 4) is 23.0 Å². The Bertz CT molecular complexity index is 905. The molecular weight excluding hydrogens is 332 g/mol. The minimum absolute atomic E-state index is 0.0536. The van der Waals surface area contributed by atoms with Crippen molar-refractivity contribution in [2.75, 3.05) is 14.2 Å². The van der Waals surface area contributed by atoms with Crippen LogP contribution in [0.25, 0.3) is 0 Å². The molecule has 26 heavy (non-hydrogen) atoms. The fourth-order valence-corrected chi connectivity index (χ4v) is 3.64. The first-order chi connectivity index (χ1) is 12.5. The number of methoxy groups -OCH3 is 2. The van der Waals surface area contributed by atoms with Crippen LogP contribution in [0, 0.1) is 0 Å². The molecule has 0 aromatic heterocycles. The molecule has 0 spiro atoms. The van der Waals surface area contributed by atoms with Gasteiger partial charge in [-0.2, -0.15) is 10.2 Å². The summed E-state index contributed by atoms with van der Waals surface area (Å²) >= 11 is 0.